The second-order valence-electron chi connectivity index (χ2n) is 5.08. The Morgan fingerprint density at radius 1 is 1.00 bits per heavy atom. The number of hydrogen-bond acceptors (Lipinski definition) is 5. The second kappa shape index (κ2) is 9.11. The van der Waals surface area contributed by atoms with Crippen molar-refractivity contribution >= 4 is 17.9 Å². The maximum Gasteiger partial charge on any atom is 0.337 e. The van der Waals surface area contributed by atoms with Gasteiger partial charge in [0.2, 0.25) is 5.91 Å². The lowest BCUT2D eigenvalue weighted by molar-refractivity contribution is -0.120. The SMILES string of the molecule is COC(=O)c1ccc(CNC(=O)NCC(=O)NCc2ccco2)cc1. The highest BCUT2D eigenvalue weighted by atomic mass is 16.5. The number of urea groups is 1. The minimum Gasteiger partial charge on any atom is -0.467 e. The molecule has 0 saturated carbocycles. The van der Waals surface area contributed by atoms with Crippen LogP contribution in [-0.2, 0) is 22.6 Å². The molecule has 0 saturated heterocycles. The highest BCUT2D eigenvalue weighted by Crippen LogP contribution is 2.05. The van der Waals surface area contributed by atoms with Crippen molar-refractivity contribution in [1.29, 1.82) is 0 Å². The zero-order valence-corrected chi connectivity index (χ0v) is 13.7. The van der Waals surface area contributed by atoms with Gasteiger partial charge in [-0.1, -0.05) is 12.1 Å². The van der Waals surface area contributed by atoms with Crippen LogP contribution in [0.5, 0.6) is 0 Å². The minimum atomic E-state index is -0.467. The maximum atomic E-state index is 11.7. The van der Waals surface area contributed by atoms with Gasteiger partial charge < -0.3 is 25.1 Å². The molecule has 0 fully saturated rings. The van der Waals surface area contributed by atoms with Crippen LogP contribution in [-0.4, -0.2) is 31.6 Å². The van der Waals surface area contributed by atoms with Gasteiger partial charge in [0.1, 0.15) is 5.76 Å². The number of nitrogens with one attached hydrogen (secondary N) is 3. The topological polar surface area (TPSA) is 110 Å². The van der Waals surface area contributed by atoms with Crippen LogP contribution >= 0.6 is 0 Å². The van der Waals surface area contributed by atoms with Crippen LogP contribution in [0.25, 0.3) is 0 Å². The average molecular weight is 345 g/mol. The van der Waals surface area contributed by atoms with Gasteiger partial charge in [0.25, 0.3) is 0 Å². The molecule has 0 aliphatic rings. The summed E-state index contributed by atoms with van der Waals surface area (Å²) in [6, 6.07) is 9.65. The van der Waals surface area contributed by atoms with E-state index in [9.17, 15) is 14.4 Å². The molecule has 132 valence electrons. The Morgan fingerprint density at radius 2 is 1.76 bits per heavy atom. The number of rotatable bonds is 7. The Bertz CT molecular complexity index is 710. The third-order valence-corrected chi connectivity index (χ3v) is 3.28. The molecule has 2 rings (SSSR count). The number of ether oxygens (including phenoxy) is 1. The Balaban J connectivity index is 1.66. The van der Waals surface area contributed by atoms with Crippen molar-refractivity contribution < 1.29 is 23.5 Å². The van der Waals surface area contributed by atoms with Crippen molar-refractivity contribution in [2.45, 2.75) is 13.1 Å². The summed E-state index contributed by atoms with van der Waals surface area (Å²) in [5, 5.41) is 7.69. The van der Waals surface area contributed by atoms with Gasteiger partial charge in [0.15, 0.2) is 0 Å². The van der Waals surface area contributed by atoms with E-state index in [-0.39, 0.29) is 25.5 Å². The van der Waals surface area contributed by atoms with Crippen LogP contribution in [0.15, 0.2) is 47.1 Å². The molecule has 0 radical (unpaired) electrons. The summed E-state index contributed by atoms with van der Waals surface area (Å²) in [7, 11) is 1.31. The van der Waals surface area contributed by atoms with Crippen molar-refractivity contribution in [3.63, 3.8) is 0 Å². The van der Waals surface area contributed by atoms with Gasteiger partial charge in [-0.15, -0.1) is 0 Å². The number of benzene rings is 1. The molecule has 8 heteroatoms. The molecule has 0 aliphatic carbocycles. The van der Waals surface area contributed by atoms with Crippen LogP contribution in [0.1, 0.15) is 21.7 Å². The smallest absolute Gasteiger partial charge is 0.337 e. The zero-order valence-electron chi connectivity index (χ0n) is 13.7. The van der Waals surface area contributed by atoms with Gasteiger partial charge in [-0.3, -0.25) is 4.79 Å². The first-order valence-electron chi connectivity index (χ1n) is 7.56. The van der Waals surface area contributed by atoms with Crippen LogP contribution in [0.4, 0.5) is 4.79 Å². The molecule has 25 heavy (non-hydrogen) atoms. The zero-order chi connectivity index (χ0) is 18.1. The first-order valence-corrected chi connectivity index (χ1v) is 7.56. The number of carbonyl (C=O) groups excluding carboxylic acids is 3. The van der Waals surface area contributed by atoms with E-state index in [0.717, 1.165) is 5.56 Å². The number of amides is 3. The summed E-state index contributed by atoms with van der Waals surface area (Å²) in [5.74, 6) is -0.111. The van der Waals surface area contributed by atoms with Crippen molar-refractivity contribution in [2.24, 2.45) is 0 Å². The Hall–Kier alpha value is -3.29. The minimum absolute atomic E-state index is 0.145. The van der Waals surface area contributed by atoms with E-state index >= 15 is 0 Å². The van der Waals surface area contributed by atoms with E-state index in [0.29, 0.717) is 11.3 Å². The molecule has 2 aromatic rings. The van der Waals surface area contributed by atoms with Gasteiger partial charge in [0.05, 0.1) is 32.0 Å². The van der Waals surface area contributed by atoms with Gasteiger partial charge in [-0.25, -0.2) is 9.59 Å². The molecule has 0 spiro atoms. The summed E-state index contributed by atoms with van der Waals surface area (Å²) < 4.78 is 9.69. The lowest BCUT2D eigenvalue weighted by Crippen LogP contribution is -2.41. The molecule has 0 unspecified atom stereocenters. The van der Waals surface area contributed by atoms with Crippen molar-refractivity contribution in [1.82, 2.24) is 16.0 Å². The predicted molar refractivity (Wildman–Crippen MR) is 88.6 cm³/mol. The van der Waals surface area contributed by atoms with Crippen LogP contribution in [0, 0.1) is 0 Å². The number of esters is 1. The Labute approximate surface area is 144 Å². The van der Waals surface area contributed by atoms with E-state index in [1.165, 1.54) is 13.4 Å². The van der Waals surface area contributed by atoms with Gasteiger partial charge in [0, 0.05) is 6.54 Å². The second-order valence-corrected chi connectivity index (χ2v) is 5.08. The van der Waals surface area contributed by atoms with Crippen molar-refractivity contribution in [3.8, 4) is 0 Å². The predicted octanol–water partition coefficient (Wildman–Crippen LogP) is 1.18. The fourth-order valence-electron chi connectivity index (χ4n) is 1.94. The van der Waals surface area contributed by atoms with E-state index in [4.69, 9.17) is 4.42 Å². The molecule has 1 aromatic heterocycles. The molecule has 1 heterocycles. The number of furan rings is 1. The van der Waals surface area contributed by atoms with Gasteiger partial charge >= 0.3 is 12.0 Å². The van der Waals surface area contributed by atoms with Crippen LogP contribution in [0.3, 0.4) is 0 Å². The van der Waals surface area contributed by atoms with Crippen LogP contribution < -0.4 is 16.0 Å². The number of methoxy groups -OCH3 is 1. The summed E-state index contributed by atoms with van der Waals surface area (Å²) in [6.45, 7) is 0.386. The Kier molecular flexibility index (Phi) is 6.58. The first-order chi connectivity index (χ1) is 12.1. The van der Waals surface area contributed by atoms with E-state index in [2.05, 4.69) is 20.7 Å². The molecule has 8 nitrogen and oxygen atoms in total. The highest BCUT2D eigenvalue weighted by Gasteiger charge is 2.07. The largest absolute Gasteiger partial charge is 0.467 e. The molecule has 0 bridgehead atoms. The third kappa shape index (κ3) is 6.02. The molecule has 0 aliphatic heterocycles. The summed E-state index contributed by atoms with van der Waals surface area (Å²) in [6.07, 6.45) is 1.52. The quantitative estimate of drug-likeness (QED) is 0.653. The Morgan fingerprint density at radius 3 is 2.40 bits per heavy atom. The molecule has 1 aromatic carbocycles. The molecule has 0 atom stereocenters. The standard InChI is InChI=1S/C17H19N3O5/c1-24-16(22)13-6-4-12(5-7-13)9-19-17(23)20-11-15(21)18-10-14-3-2-8-25-14/h2-8H,9-11H2,1H3,(H,18,21)(H2,19,20,23). The first kappa shape index (κ1) is 18.1. The normalized spacial score (nSPS) is 9.96. The summed E-state index contributed by atoms with van der Waals surface area (Å²) in [4.78, 5) is 34.6. The van der Waals surface area contributed by atoms with Crippen LogP contribution in [0.2, 0.25) is 0 Å². The summed E-state index contributed by atoms with van der Waals surface area (Å²) in [5.41, 5.74) is 1.24. The number of hydrogen-bond donors (Lipinski definition) is 3. The third-order valence-electron chi connectivity index (χ3n) is 3.28. The van der Waals surface area contributed by atoms with Gasteiger partial charge in [-0.05, 0) is 29.8 Å². The molecular weight excluding hydrogens is 326 g/mol. The molecule has 3 N–H and O–H groups in total. The highest BCUT2D eigenvalue weighted by molar-refractivity contribution is 5.89. The molecule has 3 amide bonds. The fraction of sp³-hybridized carbons (Fsp3) is 0.235. The average Bonchev–Trinajstić information content (AvgIpc) is 3.16. The van der Waals surface area contributed by atoms with E-state index in [1.807, 2.05) is 0 Å². The lowest BCUT2D eigenvalue weighted by atomic mass is 10.1. The lowest BCUT2D eigenvalue weighted by Gasteiger charge is -2.08. The van der Waals surface area contributed by atoms with E-state index in [1.54, 1.807) is 36.4 Å². The van der Waals surface area contributed by atoms with Crippen molar-refractivity contribution in [2.75, 3.05) is 13.7 Å². The summed E-state index contributed by atoms with van der Waals surface area (Å²) >= 11 is 0. The fourth-order valence-corrected chi connectivity index (χ4v) is 1.94. The molecular formula is C17H19N3O5. The van der Waals surface area contributed by atoms with Crippen molar-refractivity contribution in [3.05, 3.63) is 59.5 Å². The maximum absolute atomic E-state index is 11.7. The monoisotopic (exact) mass is 345 g/mol. The van der Waals surface area contributed by atoms with Gasteiger partial charge in [-0.2, -0.15) is 0 Å². The van der Waals surface area contributed by atoms with E-state index < -0.39 is 12.0 Å². The number of carbonyl (C=O) groups is 3.